The summed E-state index contributed by atoms with van der Waals surface area (Å²) in [5.74, 6) is -3.47. The molecule has 0 spiro atoms. The highest BCUT2D eigenvalue weighted by atomic mass is 19.3. The highest BCUT2D eigenvalue weighted by Gasteiger charge is 2.67. The first-order valence-electron chi connectivity index (χ1n) is 6.99. The van der Waals surface area contributed by atoms with Gasteiger partial charge in [-0.15, -0.1) is 0 Å². The normalized spacial score (nSPS) is 26.1. The minimum atomic E-state index is -2.84. The Labute approximate surface area is 116 Å². The zero-order chi connectivity index (χ0) is 14.9. The van der Waals surface area contributed by atoms with E-state index in [1.165, 1.54) is 4.68 Å². The first-order chi connectivity index (χ1) is 9.17. The van der Waals surface area contributed by atoms with Gasteiger partial charge in [-0.05, 0) is 33.1 Å². The molecule has 6 heteroatoms. The number of carbonyl (C=O) groups is 1. The molecule has 0 radical (unpaired) electrons. The fourth-order valence-electron chi connectivity index (χ4n) is 2.99. The molecular weight excluding hydrogens is 264 g/mol. The van der Waals surface area contributed by atoms with Crippen molar-refractivity contribution in [1.29, 1.82) is 0 Å². The van der Waals surface area contributed by atoms with Gasteiger partial charge in [0.1, 0.15) is 5.69 Å². The Morgan fingerprint density at radius 1 is 1.50 bits per heavy atom. The van der Waals surface area contributed by atoms with E-state index < -0.39 is 17.4 Å². The number of rotatable bonds is 2. The van der Waals surface area contributed by atoms with E-state index in [1.807, 2.05) is 20.8 Å². The summed E-state index contributed by atoms with van der Waals surface area (Å²) in [5, 5.41) is 6.94. The summed E-state index contributed by atoms with van der Waals surface area (Å²) in [5.41, 5.74) is 0.00817. The van der Waals surface area contributed by atoms with E-state index in [4.69, 9.17) is 0 Å². The molecular formula is C14H19F2N3O. The van der Waals surface area contributed by atoms with Crippen molar-refractivity contribution in [1.82, 2.24) is 9.78 Å². The molecule has 0 unspecified atom stereocenters. The Morgan fingerprint density at radius 2 is 2.15 bits per heavy atom. The fourth-order valence-corrected chi connectivity index (χ4v) is 2.99. The molecule has 1 N–H and O–H groups in total. The van der Waals surface area contributed by atoms with Crippen LogP contribution in [0, 0.1) is 5.92 Å². The molecule has 3 rings (SSSR count). The van der Waals surface area contributed by atoms with Crippen molar-refractivity contribution in [3.05, 3.63) is 11.3 Å². The number of fused-ring (bicyclic) bond motifs is 3. The van der Waals surface area contributed by atoms with E-state index in [1.54, 1.807) is 6.92 Å². The van der Waals surface area contributed by atoms with E-state index >= 15 is 0 Å². The van der Waals surface area contributed by atoms with Gasteiger partial charge >= 0.3 is 0 Å². The summed E-state index contributed by atoms with van der Waals surface area (Å²) in [6.07, 6.45) is 0.798. The Morgan fingerprint density at radius 3 is 2.70 bits per heavy atom. The standard InChI is InChI=1S/C14H19F2N3O/c1-5-9(20)17-12-10-7-6-8(7)14(15,16)11(10)19(18-12)13(2,3)4/h7-8H,5-6H2,1-4H3,(H,17,18,20)/t7-,8+/m0/s1. The van der Waals surface area contributed by atoms with Crippen LogP contribution in [0.1, 0.15) is 57.7 Å². The number of alkyl halides is 2. The Hall–Kier alpha value is -1.46. The van der Waals surface area contributed by atoms with Crippen LogP contribution in [0.3, 0.4) is 0 Å². The monoisotopic (exact) mass is 283 g/mol. The lowest BCUT2D eigenvalue weighted by atomic mass is 10.1. The van der Waals surface area contributed by atoms with Crippen molar-refractivity contribution in [2.24, 2.45) is 5.92 Å². The van der Waals surface area contributed by atoms with Crippen LogP contribution in [0.4, 0.5) is 14.6 Å². The summed E-state index contributed by atoms with van der Waals surface area (Å²) in [4.78, 5) is 11.6. The van der Waals surface area contributed by atoms with Crippen LogP contribution in [-0.4, -0.2) is 15.7 Å². The Balaban J connectivity index is 2.14. The molecule has 110 valence electrons. The molecule has 1 amide bonds. The van der Waals surface area contributed by atoms with Gasteiger partial charge in [0, 0.05) is 17.9 Å². The average Bonchev–Trinajstić information content (AvgIpc) is 2.97. The highest BCUT2D eigenvalue weighted by molar-refractivity contribution is 5.90. The third-order valence-corrected chi connectivity index (χ3v) is 4.08. The van der Waals surface area contributed by atoms with Gasteiger partial charge in [-0.2, -0.15) is 13.9 Å². The van der Waals surface area contributed by atoms with Crippen LogP contribution in [0.15, 0.2) is 0 Å². The number of nitrogens with zero attached hydrogens (tertiary/aromatic N) is 2. The molecule has 0 saturated heterocycles. The third kappa shape index (κ3) is 1.70. The predicted octanol–water partition coefficient (Wildman–Crippen LogP) is 3.20. The average molecular weight is 283 g/mol. The first kappa shape index (κ1) is 13.5. The lowest BCUT2D eigenvalue weighted by Gasteiger charge is -2.25. The maximum Gasteiger partial charge on any atom is 0.293 e. The van der Waals surface area contributed by atoms with Crippen molar-refractivity contribution >= 4 is 11.7 Å². The minimum Gasteiger partial charge on any atom is -0.309 e. The molecule has 1 heterocycles. The molecule has 4 nitrogen and oxygen atoms in total. The molecule has 0 aliphatic heterocycles. The highest BCUT2D eigenvalue weighted by Crippen LogP contribution is 2.68. The van der Waals surface area contributed by atoms with Gasteiger partial charge in [0.2, 0.25) is 5.91 Å². The quantitative estimate of drug-likeness (QED) is 0.906. The maximum absolute atomic E-state index is 14.4. The van der Waals surface area contributed by atoms with Crippen molar-refractivity contribution in [3.63, 3.8) is 0 Å². The molecule has 0 aromatic carbocycles. The molecule has 1 aromatic heterocycles. The number of anilines is 1. The fraction of sp³-hybridized carbons (Fsp3) is 0.714. The van der Waals surface area contributed by atoms with Gasteiger partial charge in [0.05, 0.1) is 5.54 Å². The summed E-state index contributed by atoms with van der Waals surface area (Å²) < 4.78 is 30.2. The Kier molecular flexibility index (Phi) is 2.57. The molecule has 2 atom stereocenters. The van der Waals surface area contributed by atoms with Gasteiger partial charge in [-0.1, -0.05) is 6.92 Å². The summed E-state index contributed by atoms with van der Waals surface area (Å²) in [6.45, 7) is 7.24. The topological polar surface area (TPSA) is 46.9 Å². The van der Waals surface area contributed by atoms with Crippen LogP contribution in [0.2, 0.25) is 0 Å². The lowest BCUT2D eigenvalue weighted by molar-refractivity contribution is -0.115. The zero-order valence-electron chi connectivity index (χ0n) is 12.1. The van der Waals surface area contributed by atoms with E-state index in [0.717, 1.165) is 0 Å². The molecule has 1 aromatic rings. The third-order valence-electron chi connectivity index (χ3n) is 4.08. The summed E-state index contributed by atoms with van der Waals surface area (Å²) in [6, 6.07) is 0. The zero-order valence-corrected chi connectivity index (χ0v) is 12.1. The number of hydrogen-bond donors (Lipinski definition) is 1. The maximum atomic E-state index is 14.4. The predicted molar refractivity (Wildman–Crippen MR) is 70.9 cm³/mol. The van der Waals surface area contributed by atoms with Gasteiger partial charge in [0.25, 0.3) is 5.92 Å². The number of hydrogen-bond acceptors (Lipinski definition) is 2. The summed E-state index contributed by atoms with van der Waals surface area (Å²) in [7, 11) is 0. The molecule has 2 aliphatic carbocycles. The van der Waals surface area contributed by atoms with Gasteiger partial charge < -0.3 is 5.32 Å². The second-order valence-electron chi connectivity index (χ2n) is 6.67. The van der Waals surface area contributed by atoms with Crippen LogP contribution in [0.5, 0.6) is 0 Å². The number of carbonyl (C=O) groups excluding carboxylic acids is 1. The van der Waals surface area contributed by atoms with E-state index in [9.17, 15) is 13.6 Å². The van der Waals surface area contributed by atoms with Crippen molar-refractivity contribution < 1.29 is 13.6 Å². The number of amides is 1. The van der Waals surface area contributed by atoms with E-state index in [0.29, 0.717) is 24.2 Å². The molecule has 20 heavy (non-hydrogen) atoms. The molecule has 2 aliphatic rings. The molecule has 0 bridgehead atoms. The van der Waals surface area contributed by atoms with Crippen molar-refractivity contribution in [3.8, 4) is 0 Å². The second-order valence-corrected chi connectivity index (χ2v) is 6.67. The minimum absolute atomic E-state index is 0.00217. The van der Waals surface area contributed by atoms with Crippen molar-refractivity contribution in [2.75, 3.05) is 5.32 Å². The van der Waals surface area contributed by atoms with E-state index in [2.05, 4.69) is 10.4 Å². The van der Waals surface area contributed by atoms with Gasteiger partial charge in [0.15, 0.2) is 5.82 Å². The van der Waals surface area contributed by atoms with Gasteiger partial charge in [-0.3, -0.25) is 9.48 Å². The van der Waals surface area contributed by atoms with Gasteiger partial charge in [-0.25, -0.2) is 0 Å². The largest absolute Gasteiger partial charge is 0.309 e. The van der Waals surface area contributed by atoms with Crippen LogP contribution >= 0.6 is 0 Å². The Bertz CT molecular complexity index is 586. The second kappa shape index (κ2) is 3.80. The number of nitrogens with one attached hydrogen (secondary N) is 1. The van der Waals surface area contributed by atoms with E-state index in [-0.39, 0.29) is 17.5 Å². The number of halogens is 2. The lowest BCUT2D eigenvalue weighted by Crippen LogP contribution is -2.30. The smallest absolute Gasteiger partial charge is 0.293 e. The van der Waals surface area contributed by atoms with Crippen LogP contribution in [0.25, 0.3) is 0 Å². The number of aromatic nitrogens is 2. The SMILES string of the molecule is CCC(=O)Nc1nn(C(C)(C)C)c2c1[C@H]1C[C@H]1C2(F)F. The molecule has 1 saturated carbocycles. The first-order valence-corrected chi connectivity index (χ1v) is 6.99. The molecule has 1 fully saturated rings. The van der Waals surface area contributed by atoms with Crippen LogP contribution in [-0.2, 0) is 16.3 Å². The van der Waals surface area contributed by atoms with Crippen LogP contribution < -0.4 is 5.32 Å². The van der Waals surface area contributed by atoms with Crippen molar-refractivity contribution in [2.45, 2.75) is 57.9 Å². The summed E-state index contributed by atoms with van der Waals surface area (Å²) >= 11 is 0.